The van der Waals surface area contributed by atoms with E-state index in [-0.39, 0.29) is 5.41 Å². The van der Waals surface area contributed by atoms with Gasteiger partial charge in [0.2, 0.25) is 0 Å². The topological polar surface area (TPSA) is 0 Å². The van der Waals surface area contributed by atoms with Crippen LogP contribution in [-0.2, 0) is 5.41 Å². The van der Waals surface area contributed by atoms with Gasteiger partial charge < -0.3 is 0 Å². The first-order valence-electron chi connectivity index (χ1n) is 20.0. The molecule has 0 nitrogen and oxygen atoms in total. The van der Waals surface area contributed by atoms with Gasteiger partial charge in [0, 0.05) is 5.41 Å². The van der Waals surface area contributed by atoms with E-state index in [9.17, 15) is 0 Å². The average Bonchev–Trinajstić information content (AvgIpc) is 3.51. The molecule has 0 heterocycles. The van der Waals surface area contributed by atoms with Crippen LogP contribution in [0.2, 0.25) is 0 Å². The quantitative estimate of drug-likeness (QED) is 0.155. The Morgan fingerprint density at radius 1 is 0.281 bits per heavy atom. The zero-order valence-electron chi connectivity index (χ0n) is 32.1. The normalized spacial score (nSPS) is 12.9. The molecule has 0 spiro atoms. The third-order valence-corrected chi connectivity index (χ3v) is 12.5. The van der Waals surface area contributed by atoms with Crippen molar-refractivity contribution in [1.29, 1.82) is 0 Å². The Labute approximate surface area is 334 Å². The number of fused-ring (bicyclic) bond motifs is 7. The molecule has 0 atom stereocenters. The lowest BCUT2D eigenvalue weighted by Crippen LogP contribution is -2.15. The Kier molecular flexibility index (Phi) is 7.63. The van der Waals surface area contributed by atoms with Gasteiger partial charge in [0.05, 0.1) is 0 Å². The zero-order chi connectivity index (χ0) is 38.1. The van der Waals surface area contributed by atoms with Crippen LogP contribution in [0.3, 0.4) is 0 Å². The maximum absolute atomic E-state index is 2.45. The molecule has 0 radical (unpaired) electrons. The number of benzene rings is 10. The highest BCUT2D eigenvalue weighted by atomic mass is 14.4. The summed E-state index contributed by atoms with van der Waals surface area (Å²) >= 11 is 0. The van der Waals surface area contributed by atoms with E-state index in [0.717, 1.165) is 0 Å². The molecule has 1 aliphatic carbocycles. The van der Waals surface area contributed by atoms with Gasteiger partial charge in [-0.1, -0.05) is 208 Å². The van der Waals surface area contributed by atoms with Crippen LogP contribution in [0.25, 0.3) is 99.1 Å². The number of rotatable bonds is 5. The average molecular weight is 725 g/mol. The van der Waals surface area contributed by atoms with Gasteiger partial charge in [-0.15, -0.1) is 0 Å². The van der Waals surface area contributed by atoms with Gasteiger partial charge in [-0.25, -0.2) is 0 Å². The van der Waals surface area contributed by atoms with E-state index in [0.29, 0.717) is 0 Å². The molecule has 10 aromatic rings. The summed E-state index contributed by atoms with van der Waals surface area (Å²) in [7, 11) is 0. The van der Waals surface area contributed by atoms with Crippen LogP contribution < -0.4 is 0 Å². The van der Waals surface area contributed by atoms with E-state index >= 15 is 0 Å². The molecule has 10 aromatic carbocycles. The summed E-state index contributed by atoms with van der Waals surface area (Å²) in [4.78, 5) is 0. The van der Waals surface area contributed by atoms with Gasteiger partial charge >= 0.3 is 0 Å². The molecule has 0 unspecified atom stereocenters. The Bertz CT molecular complexity index is 3110. The molecule has 268 valence electrons. The van der Waals surface area contributed by atoms with Crippen LogP contribution in [0.5, 0.6) is 0 Å². The molecule has 0 bridgehead atoms. The van der Waals surface area contributed by atoms with Crippen molar-refractivity contribution in [1.82, 2.24) is 0 Å². The molecule has 0 fully saturated rings. The van der Waals surface area contributed by atoms with E-state index in [1.807, 2.05) is 0 Å². The lowest BCUT2D eigenvalue weighted by molar-refractivity contribution is 0.666. The van der Waals surface area contributed by atoms with E-state index in [2.05, 4.69) is 220 Å². The first kappa shape index (κ1) is 33.3. The SMILES string of the molecule is CC1(C)c2cc(-c3cccc(-c4c5ccccc5c(-c5ccc(-c6ccc(-c7ccccc7)cc6)cc5)c5ccccc45)c3)ccc2-c2ccc3ccccc3c21. The Balaban J connectivity index is 0.997. The van der Waals surface area contributed by atoms with Crippen LogP contribution >= 0.6 is 0 Å². The fourth-order valence-electron chi connectivity index (χ4n) is 9.70. The number of hydrogen-bond donors (Lipinski definition) is 0. The summed E-state index contributed by atoms with van der Waals surface area (Å²) in [6, 6.07) is 76.3. The van der Waals surface area contributed by atoms with Crippen molar-refractivity contribution < 1.29 is 0 Å². The van der Waals surface area contributed by atoms with Gasteiger partial charge in [-0.2, -0.15) is 0 Å². The zero-order valence-corrected chi connectivity index (χ0v) is 32.1. The molecular weight excluding hydrogens is 685 g/mol. The molecule has 0 heteroatoms. The first-order valence-corrected chi connectivity index (χ1v) is 20.0. The molecule has 0 saturated heterocycles. The van der Waals surface area contributed by atoms with Gasteiger partial charge in [0.15, 0.2) is 0 Å². The Hall–Kier alpha value is -7.02. The molecule has 0 aliphatic heterocycles. The minimum absolute atomic E-state index is 0.105. The second-order valence-electron chi connectivity index (χ2n) is 16.0. The first-order chi connectivity index (χ1) is 28.0. The lowest BCUT2D eigenvalue weighted by Gasteiger charge is -2.23. The van der Waals surface area contributed by atoms with E-state index in [1.165, 1.54) is 110 Å². The maximum atomic E-state index is 2.45. The second-order valence-corrected chi connectivity index (χ2v) is 16.0. The lowest BCUT2D eigenvalue weighted by atomic mass is 9.79. The summed E-state index contributed by atoms with van der Waals surface area (Å²) < 4.78 is 0. The Morgan fingerprint density at radius 2 is 0.702 bits per heavy atom. The fourth-order valence-corrected chi connectivity index (χ4v) is 9.70. The highest BCUT2D eigenvalue weighted by molar-refractivity contribution is 6.21. The van der Waals surface area contributed by atoms with Crippen molar-refractivity contribution in [3.05, 3.63) is 217 Å². The molecule has 0 N–H and O–H groups in total. The largest absolute Gasteiger partial charge is 0.0622 e. The summed E-state index contributed by atoms with van der Waals surface area (Å²) in [5.74, 6) is 0. The maximum Gasteiger partial charge on any atom is 0.0165 e. The molecular formula is C57H40. The summed E-state index contributed by atoms with van der Waals surface area (Å²) in [5, 5.41) is 7.72. The van der Waals surface area contributed by atoms with Crippen molar-refractivity contribution in [2.75, 3.05) is 0 Å². The summed E-state index contributed by atoms with van der Waals surface area (Å²) in [6.07, 6.45) is 0. The van der Waals surface area contributed by atoms with Crippen molar-refractivity contribution in [2.24, 2.45) is 0 Å². The van der Waals surface area contributed by atoms with Gasteiger partial charge in [-0.3, -0.25) is 0 Å². The molecule has 0 amide bonds. The predicted molar refractivity (Wildman–Crippen MR) is 244 cm³/mol. The summed E-state index contributed by atoms with van der Waals surface area (Å²) in [5.41, 5.74) is 17.8. The monoisotopic (exact) mass is 724 g/mol. The third kappa shape index (κ3) is 5.36. The minimum atomic E-state index is -0.105. The fraction of sp³-hybridized carbons (Fsp3) is 0.0526. The van der Waals surface area contributed by atoms with Crippen LogP contribution in [0.4, 0.5) is 0 Å². The van der Waals surface area contributed by atoms with Crippen LogP contribution in [0, 0.1) is 0 Å². The molecule has 1 aliphatic rings. The molecule has 11 rings (SSSR count). The van der Waals surface area contributed by atoms with E-state index in [1.54, 1.807) is 0 Å². The van der Waals surface area contributed by atoms with Gasteiger partial charge in [-0.05, 0) is 122 Å². The van der Waals surface area contributed by atoms with Crippen molar-refractivity contribution in [3.8, 4) is 66.8 Å². The smallest absolute Gasteiger partial charge is 0.0165 e. The summed E-state index contributed by atoms with van der Waals surface area (Å²) in [6.45, 7) is 4.78. The van der Waals surface area contributed by atoms with Crippen LogP contribution in [-0.4, -0.2) is 0 Å². The minimum Gasteiger partial charge on any atom is -0.0622 e. The highest BCUT2D eigenvalue weighted by Gasteiger charge is 2.37. The number of hydrogen-bond acceptors (Lipinski definition) is 0. The van der Waals surface area contributed by atoms with Gasteiger partial charge in [0.25, 0.3) is 0 Å². The highest BCUT2D eigenvalue weighted by Crippen LogP contribution is 2.52. The van der Waals surface area contributed by atoms with Crippen LogP contribution in [0.15, 0.2) is 206 Å². The molecule has 0 saturated carbocycles. The van der Waals surface area contributed by atoms with Crippen molar-refractivity contribution >= 4 is 32.3 Å². The van der Waals surface area contributed by atoms with E-state index < -0.39 is 0 Å². The molecule has 0 aromatic heterocycles. The van der Waals surface area contributed by atoms with Crippen molar-refractivity contribution in [3.63, 3.8) is 0 Å². The van der Waals surface area contributed by atoms with Crippen molar-refractivity contribution in [2.45, 2.75) is 19.3 Å². The predicted octanol–water partition coefficient (Wildman–Crippen LogP) is 15.8. The van der Waals surface area contributed by atoms with E-state index in [4.69, 9.17) is 0 Å². The van der Waals surface area contributed by atoms with Gasteiger partial charge in [0.1, 0.15) is 0 Å². The Morgan fingerprint density at radius 3 is 1.32 bits per heavy atom. The molecule has 57 heavy (non-hydrogen) atoms. The standard InChI is InChI=1S/C57H40/c1-57(2)53-36-44(32-33-47(53)52-34-31-41-15-6-7-18-46(41)56(52)57)43-16-12-17-45(35-43)55-50-21-10-8-19-48(50)54(49-20-9-11-22-51(49)55)42-29-27-40(28-30-42)39-25-23-38(24-26-39)37-13-4-3-5-14-37/h3-36H,1-2H3. The second kappa shape index (κ2) is 13.0. The van der Waals surface area contributed by atoms with Crippen LogP contribution in [0.1, 0.15) is 25.0 Å². The third-order valence-electron chi connectivity index (χ3n) is 12.5.